The second kappa shape index (κ2) is 8.40. The first-order valence-electron chi connectivity index (χ1n) is 10.2. The minimum Gasteiger partial charge on any atom is -0.338 e. The van der Waals surface area contributed by atoms with Crippen molar-refractivity contribution >= 4 is 11.7 Å². The molecule has 0 fully saturated rings. The lowest BCUT2D eigenvalue weighted by molar-refractivity contribution is 0.672. The number of nitrogens with zero attached hydrogens (tertiary/aromatic N) is 6. The van der Waals surface area contributed by atoms with Crippen molar-refractivity contribution < 1.29 is 0 Å². The molecule has 0 amide bonds. The SMILES string of the molecule is CC/C=C/c1cccc(Cn2cc(-c3[nH]c4c(C#N)cnn4c(=O)c3C(C)C)cn2)n1. The lowest BCUT2D eigenvalue weighted by atomic mass is 10.00. The Labute approximate surface area is 179 Å². The van der Waals surface area contributed by atoms with Gasteiger partial charge in [-0.25, -0.2) is 0 Å². The average molecular weight is 413 g/mol. The van der Waals surface area contributed by atoms with Crippen LogP contribution in [0.2, 0.25) is 0 Å². The molecule has 0 atom stereocenters. The zero-order valence-corrected chi connectivity index (χ0v) is 17.7. The fourth-order valence-electron chi connectivity index (χ4n) is 3.54. The smallest absolute Gasteiger partial charge is 0.278 e. The molecule has 0 bridgehead atoms. The molecular weight excluding hydrogens is 390 g/mol. The van der Waals surface area contributed by atoms with E-state index in [4.69, 9.17) is 0 Å². The zero-order chi connectivity index (χ0) is 22.0. The number of hydrogen-bond donors (Lipinski definition) is 1. The number of pyridine rings is 1. The number of fused-ring (bicyclic) bond motifs is 1. The van der Waals surface area contributed by atoms with Crippen LogP contribution in [-0.4, -0.2) is 29.4 Å². The van der Waals surface area contributed by atoms with Crippen molar-refractivity contribution in [3.05, 3.63) is 75.7 Å². The predicted octanol–water partition coefficient (Wildman–Crippen LogP) is 3.75. The van der Waals surface area contributed by atoms with Crippen molar-refractivity contribution in [2.45, 2.75) is 39.7 Å². The molecule has 0 unspecified atom stereocenters. The van der Waals surface area contributed by atoms with Crippen molar-refractivity contribution in [3.8, 4) is 17.3 Å². The highest BCUT2D eigenvalue weighted by atomic mass is 16.1. The van der Waals surface area contributed by atoms with Crippen LogP contribution in [0.5, 0.6) is 0 Å². The van der Waals surface area contributed by atoms with Gasteiger partial charge in [0.15, 0.2) is 5.65 Å². The largest absolute Gasteiger partial charge is 0.338 e. The van der Waals surface area contributed by atoms with E-state index in [1.54, 1.807) is 10.9 Å². The number of hydrogen-bond acceptors (Lipinski definition) is 5. The molecule has 0 aliphatic heterocycles. The van der Waals surface area contributed by atoms with Gasteiger partial charge >= 0.3 is 0 Å². The maximum atomic E-state index is 13.0. The summed E-state index contributed by atoms with van der Waals surface area (Å²) in [5.74, 6) is -0.0371. The van der Waals surface area contributed by atoms with Gasteiger partial charge in [0.2, 0.25) is 0 Å². The van der Waals surface area contributed by atoms with E-state index in [2.05, 4.69) is 39.2 Å². The molecule has 1 N–H and O–H groups in total. The van der Waals surface area contributed by atoms with Crippen LogP contribution in [0.3, 0.4) is 0 Å². The summed E-state index contributed by atoms with van der Waals surface area (Å²) in [7, 11) is 0. The van der Waals surface area contributed by atoms with E-state index in [1.165, 1.54) is 10.7 Å². The van der Waals surface area contributed by atoms with Crippen molar-refractivity contribution in [1.82, 2.24) is 29.4 Å². The number of allylic oxidation sites excluding steroid dienone is 1. The molecule has 0 aliphatic carbocycles. The first kappa shape index (κ1) is 20.3. The van der Waals surface area contributed by atoms with E-state index >= 15 is 0 Å². The third-order valence-electron chi connectivity index (χ3n) is 5.00. The molecule has 0 radical (unpaired) electrons. The first-order valence-corrected chi connectivity index (χ1v) is 10.2. The number of aromatic amines is 1. The van der Waals surface area contributed by atoms with Crippen LogP contribution in [0.25, 0.3) is 23.0 Å². The lowest BCUT2D eigenvalue weighted by Gasteiger charge is -2.11. The Balaban J connectivity index is 1.74. The number of H-pyrrole nitrogens is 1. The molecule has 0 spiro atoms. The van der Waals surface area contributed by atoms with Gasteiger partial charge in [0, 0.05) is 17.3 Å². The quantitative estimate of drug-likeness (QED) is 0.518. The fourth-order valence-corrected chi connectivity index (χ4v) is 3.54. The summed E-state index contributed by atoms with van der Waals surface area (Å²) < 4.78 is 3.04. The Morgan fingerprint density at radius 3 is 2.84 bits per heavy atom. The van der Waals surface area contributed by atoms with E-state index in [-0.39, 0.29) is 11.5 Å². The number of nitrogens with one attached hydrogen (secondary N) is 1. The van der Waals surface area contributed by atoms with Crippen LogP contribution in [0.1, 0.15) is 55.6 Å². The molecule has 4 aromatic rings. The van der Waals surface area contributed by atoms with Crippen LogP contribution in [-0.2, 0) is 6.54 Å². The second-order valence-electron chi connectivity index (χ2n) is 7.59. The van der Waals surface area contributed by atoms with Crippen LogP contribution in [0.4, 0.5) is 0 Å². The van der Waals surface area contributed by atoms with Crippen LogP contribution in [0.15, 0.2) is 47.7 Å². The molecule has 8 nitrogen and oxygen atoms in total. The van der Waals surface area contributed by atoms with E-state index < -0.39 is 0 Å². The number of rotatable bonds is 6. The van der Waals surface area contributed by atoms with E-state index in [0.29, 0.717) is 29.0 Å². The van der Waals surface area contributed by atoms with Gasteiger partial charge in [-0.2, -0.15) is 20.0 Å². The molecule has 4 heterocycles. The van der Waals surface area contributed by atoms with Gasteiger partial charge in [0.05, 0.1) is 36.0 Å². The molecule has 0 saturated carbocycles. The maximum Gasteiger partial charge on any atom is 0.278 e. The summed E-state index contributed by atoms with van der Waals surface area (Å²) in [5, 5.41) is 17.9. The molecule has 31 heavy (non-hydrogen) atoms. The Hall–Kier alpha value is -3.99. The molecule has 0 aliphatic rings. The Bertz CT molecular complexity index is 1360. The van der Waals surface area contributed by atoms with Crippen molar-refractivity contribution in [2.75, 3.05) is 0 Å². The Morgan fingerprint density at radius 2 is 2.10 bits per heavy atom. The molecule has 0 saturated heterocycles. The fraction of sp³-hybridized carbons (Fsp3) is 0.261. The van der Waals surface area contributed by atoms with Crippen LogP contribution >= 0.6 is 0 Å². The summed E-state index contributed by atoms with van der Waals surface area (Å²) in [4.78, 5) is 20.9. The van der Waals surface area contributed by atoms with Gasteiger partial charge in [0.1, 0.15) is 11.6 Å². The van der Waals surface area contributed by atoms with E-state index in [9.17, 15) is 10.1 Å². The molecular formula is C23H23N7O. The summed E-state index contributed by atoms with van der Waals surface area (Å²) in [6.45, 7) is 6.51. The van der Waals surface area contributed by atoms with E-state index in [1.807, 2.05) is 44.3 Å². The minimum atomic E-state index is -0.231. The third kappa shape index (κ3) is 3.90. The number of aromatic nitrogens is 6. The molecule has 156 valence electrons. The van der Waals surface area contributed by atoms with Gasteiger partial charge in [-0.3, -0.25) is 14.5 Å². The van der Waals surface area contributed by atoms with Gasteiger partial charge < -0.3 is 4.98 Å². The Morgan fingerprint density at radius 1 is 1.26 bits per heavy atom. The highest BCUT2D eigenvalue weighted by Gasteiger charge is 2.20. The van der Waals surface area contributed by atoms with Crippen molar-refractivity contribution in [1.29, 1.82) is 5.26 Å². The van der Waals surface area contributed by atoms with Crippen LogP contribution in [0, 0.1) is 11.3 Å². The average Bonchev–Trinajstić information content (AvgIpc) is 3.39. The molecule has 8 heteroatoms. The summed E-state index contributed by atoms with van der Waals surface area (Å²) in [6, 6.07) is 7.99. The van der Waals surface area contributed by atoms with Gasteiger partial charge in [0.25, 0.3) is 5.56 Å². The zero-order valence-electron chi connectivity index (χ0n) is 17.7. The molecule has 0 aromatic carbocycles. The topological polar surface area (TPSA) is 105 Å². The summed E-state index contributed by atoms with van der Waals surface area (Å²) in [5.41, 5.74) is 4.31. The van der Waals surface area contributed by atoms with Gasteiger partial charge in [-0.15, -0.1) is 0 Å². The van der Waals surface area contributed by atoms with Crippen molar-refractivity contribution in [2.24, 2.45) is 0 Å². The minimum absolute atomic E-state index is 0.0371. The summed E-state index contributed by atoms with van der Waals surface area (Å²) >= 11 is 0. The first-order chi connectivity index (χ1) is 15.0. The summed E-state index contributed by atoms with van der Waals surface area (Å²) in [6.07, 6.45) is 10.0. The third-order valence-corrected chi connectivity index (χ3v) is 5.00. The van der Waals surface area contributed by atoms with E-state index in [0.717, 1.165) is 23.4 Å². The standard InChI is InChI=1S/C23H23N7O/c1-4-5-7-18-8-6-9-19(27-18)14-29-13-17(12-25-29)21-20(15(2)3)23(31)30-22(28-21)16(10-24)11-26-30/h5-9,11-13,15,28H,4,14H2,1-3H3/b7-5+. The molecule has 4 aromatic heterocycles. The van der Waals surface area contributed by atoms with Gasteiger partial charge in [-0.1, -0.05) is 32.9 Å². The second-order valence-corrected chi connectivity index (χ2v) is 7.59. The van der Waals surface area contributed by atoms with Crippen LogP contribution < -0.4 is 5.56 Å². The highest BCUT2D eigenvalue weighted by molar-refractivity contribution is 5.67. The Kier molecular flexibility index (Phi) is 5.50. The lowest BCUT2D eigenvalue weighted by Crippen LogP contribution is -2.22. The monoisotopic (exact) mass is 413 g/mol. The normalized spacial score (nSPS) is 11.6. The molecule has 4 rings (SSSR count). The van der Waals surface area contributed by atoms with Gasteiger partial charge in [-0.05, 0) is 30.5 Å². The number of nitriles is 1. The van der Waals surface area contributed by atoms with Crippen molar-refractivity contribution in [3.63, 3.8) is 0 Å². The maximum absolute atomic E-state index is 13.0. The predicted molar refractivity (Wildman–Crippen MR) is 119 cm³/mol. The highest BCUT2D eigenvalue weighted by Crippen LogP contribution is 2.26.